The summed E-state index contributed by atoms with van der Waals surface area (Å²) in [6.45, 7) is -0.430. The van der Waals surface area contributed by atoms with Crippen molar-refractivity contribution in [1.82, 2.24) is 0 Å². The SMILES string of the molecule is N#CCS(=O)(=O)Nc1ccc(F)cc1C#CCO. The Morgan fingerprint density at radius 1 is 1.44 bits per heavy atom. The second-order valence-electron chi connectivity index (χ2n) is 3.17. The molecule has 0 bridgehead atoms. The first-order chi connectivity index (χ1) is 8.48. The van der Waals surface area contributed by atoms with Gasteiger partial charge in [-0.3, -0.25) is 4.72 Å². The predicted octanol–water partition coefficient (Wildman–Crippen LogP) is 0.435. The van der Waals surface area contributed by atoms with Crippen molar-refractivity contribution >= 4 is 15.7 Å². The summed E-state index contributed by atoms with van der Waals surface area (Å²) in [6.07, 6.45) is 0. The number of nitrogens with zero attached hydrogens (tertiary/aromatic N) is 1. The number of nitriles is 1. The lowest BCUT2D eigenvalue weighted by Gasteiger charge is -2.07. The molecule has 0 spiro atoms. The number of aliphatic hydroxyl groups is 1. The normalized spacial score (nSPS) is 10.1. The molecule has 1 aromatic carbocycles. The van der Waals surface area contributed by atoms with E-state index in [0.717, 1.165) is 12.1 Å². The molecular formula is C11H9FN2O3S. The number of sulfonamides is 1. The van der Waals surface area contributed by atoms with Crippen molar-refractivity contribution in [3.05, 3.63) is 29.6 Å². The van der Waals surface area contributed by atoms with Crippen molar-refractivity contribution in [2.45, 2.75) is 0 Å². The van der Waals surface area contributed by atoms with E-state index in [1.54, 1.807) is 0 Å². The zero-order valence-electron chi connectivity index (χ0n) is 9.14. The van der Waals surface area contributed by atoms with E-state index in [2.05, 4.69) is 16.6 Å². The topological polar surface area (TPSA) is 90.2 Å². The monoisotopic (exact) mass is 268 g/mol. The lowest BCUT2D eigenvalue weighted by molar-refractivity contribution is 0.350. The highest BCUT2D eigenvalue weighted by atomic mass is 32.2. The highest BCUT2D eigenvalue weighted by Crippen LogP contribution is 2.17. The molecule has 94 valence electrons. The summed E-state index contributed by atoms with van der Waals surface area (Å²) in [4.78, 5) is 0. The second kappa shape index (κ2) is 6.01. The van der Waals surface area contributed by atoms with Crippen LogP contribution in [0.5, 0.6) is 0 Å². The molecule has 18 heavy (non-hydrogen) atoms. The van der Waals surface area contributed by atoms with Crippen LogP contribution in [-0.4, -0.2) is 25.9 Å². The molecule has 0 aliphatic rings. The zero-order chi connectivity index (χ0) is 13.6. The molecule has 0 aromatic heterocycles. The number of halogens is 1. The Hall–Kier alpha value is -2.09. The number of nitrogens with one attached hydrogen (secondary N) is 1. The average molecular weight is 268 g/mol. The lowest BCUT2D eigenvalue weighted by atomic mass is 10.2. The molecule has 5 nitrogen and oxygen atoms in total. The first kappa shape index (κ1) is 14.0. The Kier molecular flexibility index (Phi) is 4.67. The molecule has 0 amide bonds. The van der Waals surface area contributed by atoms with Gasteiger partial charge in [-0.2, -0.15) is 5.26 Å². The van der Waals surface area contributed by atoms with E-state index in [1.165, 1.54) is 12.1 Å². The van der Waals surface area contributed by atoms with Crippen molar-refractivity contribution in [1.29, 1.82) is 5.26 Å². The second-order valence-corrected chi connectivity index (χ2v) is 4.89. The summed E-state index contributed by atoms with van der Waals surface area (Å²) in [5.41, 5.74) is 0.151. The van der Waals surface area contributed by atoms with Crippen LogP contribution >= 0.6 is 0 Å². The number of aliphatic hydroxyl groups excluding tert-OH is 1. The third-order valence-corrected chi connectivity index (χ3v) is 2.84. The Bertz CT molecular complexity index is 638. The van der Waals surface area contributed by atoms with Crippen molar-refractivity contribution in [2.75, 3.05) is 17.1 Å². The Morgan fingerprint density at radius 2 is 2.17 bits per heavy atom. The van der Waals surface area contributed by atoms with E-state index >= 15 is 0 Å². The fourth-order valence-corrected chi connectivity index (χ4v) is 1.89. The minimum absolute atomic E-state index is 0.0626. The van der Waals surface area contributed by atoms with Crippen LogP contribution in [0.1, 0.15) is 5.56 Å². The highest BCUT2D eigenvalue weighted by Gasteiger charge is 2.12. The minimum Gasteiger partial charge on any atom is -0.384 e. The molecule has 7 heteroatoms. The molecule has 0 radical (unpaired) electrons. The summed E-state index contributed by atoms with van der Waals surface area (Å²) in [6, 6.07) is 4.80. The highest BCUT2D eigenvalue weighted by molar-refractivity contribution is 7.92. The first-order valence-corrected chi connectivity index (χ1v) is 6.40. The molecule has 0 atom stereocenters. The maximum atomic E-state index is 13.0. The zero-order valence-corrected chi connectivity index (χ0v) is 9.96. The van der Waals surface area contributed by atoms with Crippen LogP contribution in [-0.2, 0) is 10.0 Å². The standard InChI is InChI=1S/C11H9FN2O3S/c12-10-3-4-11(9(8-10)2-1-6-15)14-18(16,17)7-5-13/h3-4,8,14-15H,6-7H2. The van der Waals surface area contributed by atoms with Crippen LogP contribution in [0.4, 0.5) is 10.1 Å². The van der Waals surface area contributed by atoms with Crippen LogP contribution in [0.15, 0.2) is 18.2 Å². The number of anilines is 1. The molecule has 2 N–H and O–H groups in total. The van der Waals surface area contributed by atoms with Gasteiger partial charge in [0.05, 0.1) is 17.3 Å². The molecule has 0 aliphatic carbocycles. The van der Waals surface area contributed by atoms with Crippen LogP contribution < -0.4 is 4.72 Å². The number of hydrogen-bond donors (Lipinski definition) is 2. The van der Waals surface area contributed by atoms with E-state index in [0.29, 0.717) is 0 Å². The molecule has 0 heterocycles. The van der Waals surface area contributed by atoms with Gasteiger partial charge in [0, 0.05) is 0 Å². The first-order valence-electron chi connectivity index (χ1n) is 4.75. The number of rotatable bonds is 3. The fourth-order valence-electron chi connectivity index (χ4n) is 1.13. The van der Waals surface area contributed by atoms with Crippen molar-refractivity contribution in [3.63, 3.8) is 0 Å². The Labute approximate surface area is 104 Å². The largest absolute Gasteiger partial charge is 0.384 e. The van der Waals surface area contributed by atoms with Gasteiger partial charge in [-0.15, -0.1) is 0 Å². The van der Waals surface area contributed by atoms with E-state index < -0.39 is 28.2 Å². The van der Waals surface area contributed by atoms with E-state index in [4.69, 9.17) is 10.4 Å². The summed E-state index contributed by atoms with van der Waals surface area (Å²) in [7, 11) is -3.81. The Balaban J connectivity index is 3.14. The quantitative estimate of drug-likeness (QED) is 0.778. The molecule has 0 saturated carbocycles. The maximum absolute atomic E-state index is 13.0. The lowest BCUT2D eigenvalue weighted by Crippen LogP contribution is -2.16. The van der Waals surface area contributed by atoms with Gasteiger partial charge in [0.1, 0.15) is 12.4 Å². The van der Waals surface area contributed by atoms with Gasteiger partial charge < -0.3 is 5.11 Å². The van der Waals surface area contributed by atoms with E-state index in [9.17, 15) is 12.8 Å². The summed E-state index contributed by atoms with van der Waals surface area (Å²) < 4.78 is 37.9. The smallest absolute Gasteiger partial charge is 0.246 e. The van der Waals surface area contributed by atoms with Gasteiger partial charge in [-0.25, -0.2) is 12.8 Å². The van der Waals surface area contributed by atoms with Crippen LogP contribution in [0, 0.1) is 29.0 Å². The van der Waals surface area contributed by atoms with Gasteiger partial charge in [-0.1, -0.05) is 11.8 Å². The third kappa shape index (κ3) is 4.06. The molecule has 1 aromatic rings. The molecule has 0 saturated heterocycles. The summed E-state index contributed by atoms with van der Waals surface area (Å²) in [5, 5.41) is 16.9. The number of hydrogen-bond acceptors (Lipinski definition) is 4. The maximum Gasteiger partial charge on any atom is 0.246 e. The third-order valence-electron chi connectivity index (χ3n) is 1.80. The van der Waals surface area contributed by atoms with Crippen molar-refractivity contribution < 1.29 is 17.9 Å². The Morgan fingerprint density at radius 3 is 2.78 bits per heavy atom. The van der Waals surface area contributed by atoms with Gasteiger partial charge >= 0.3 is 0 Å². The van der Waals surface area contributed by atoms with Gasteiger partial charge in [-0.05, 0) is 18.2 Å². The summed E-state index contributed by atoms with van der Waals surface area (Å²) in [5.74, 6) is 3.41. The van der Waals surface area contributed by atoms with Gasteiger partial charge in [0.15, 0.2) is 5.75 Å². The minimum atomic E-state index is -3.81. The summed E-state index contributed by atoms with van der Waals surface area (Å²) >= 11 is 0. The predicted molar refractivity (Wildman–Crippen MR) is 63.4 cm³/mol. The molecule has 0 unspecified atom stereocenters. The van der Waals surface area contributed by atoms with Crippen LogP contribution in [0.3, 0.4) is 0 Å². The van der Waals surface area contributed by atoms with Crippen molar-refractivity contribution in [3.8, 4) is 17.9 Å². The van der Waals surface area contributed by atoms with E-state index in [1.807, 2.05) is 0 Å². The molecule has 0 fully saturated rings. The van der Waals surface area contributed by atoms with Gasteiger partial charge in [0.25, 0.3) is 0 Å². The van der Waals surface area contributed by atoms with E-state index in [-0.39, 0.29) is 11.3 Å². The van der Waals surface area contributed by atoms with Crippen LogP contribution in [0.2, 0.25) is 0 Å². The molecule has 0 aliphatic heterocycles. The molecule has 1 rings (SSSR count). The van der Waals surface area contributed by atoms with Crippen molar-refractivity contribution in [2.24, 2.45) is 0 Å². The average Bonchev–Trinajstić information content (AvgIpc) is 2.29. The van der Waals surface area contributed by atoms with Gasteiger partial charge in [0.2, 0.25) is 10.0 Å². The van der Waals surface area contributed by atoms with Crippen LogP contribution in [0.25, 0.3) is 0 Å². The fraction of sp³-hybridized carbons (Fsp3) is 0.182. The molecular weight excluding hydrogens is 259 g/mol. The number of benzene rings is 1.